The Bertz CT molecular complexity index is 1410. The van der Waals surface area contributed by atoms with Gasteiger partial charge in [0, 0.05) is 29.4 Å². The summed E-state index contributed by atoms with van der Waals surface area (Å²) in [5.74, 6) is 0.784. The van der Waals surface area contributed by atoms with E-state index in [1.165, 1.54) is 12.0 Å². The zero-order chi connectivity index (χ0) is 34.5. The number of aliphatic hydroxyl groups excluding tert-OH is 1. The summed E-state index contributed by atoms with van der Waals surface area (Å²) in [6.45, 7) is 13.1. The molecular weight excluding hydrogens is 608 g/mol. The Labute approximate surface area is 286 Å². The van der Waals surface area contributed by atoms with Crippen molar-refractivity contribution in [1.82, 2.24) is 0 Å². The Morgan fingerprint density at radius 3 is 2.52 bits per heavy atom. The molecule has 8 heteroatoms. The number of carbonyl (C=O) groups is 3. The molecule has 48 heavy (non-hydrogen) atoms. The Kier molecular flexibility index (Phi) is 9.66. The fourth-order valence-electron chi connectivity index (χ4n) is 11.6. The number of hydrogen-bond acceptors (Lipinski definition) is 8. The van der Waals surface area contributed by atoms with E-state index in [0.29, 0.717) is 30.3 Å². The van der Waals surface area contributed by atoms with Gasteiger partial charge in [-0.2, -0.15) is 0 Å². The van der Waals surface area contributed by atoms with Crippen molar-refractivity contribution in [2.75, 3.05) is 6.61 Å². The highest BCUT2D eigenvalue weighted by molar-refractivity contribution is 5.91. The Balaban J connectivity index is 0.000000167. The summed E-state index contributed by atoms with van der Waals surface area (Å²) in [5.41, 5.74) is 2.83. The van der Waals surface area contributed by atoms with E-state index in [2.05, 4.69) is 33.4 Å². The van der Waals surface area contributed by atoms with Crippen LogP contribution in [0.3, 0.4) is 0 Å². The molecule has 0 aromatic carbocycles. The lowest BCUT2D eigenvalue weighted by atomic mass is 9.43. The maximum Gasteiger partial charge on any atom is 0.334 e. The molecule has 1 saturated heterocycles. The van der Waals surface area contributed by atoms with Crippen LogP contribution in [0.1, 0.15) is 118 Å². The Hall–Kier alpha value is -2.71. The predicted octanol–water partition coefficient (Wildman–Crippen LogP) is 6.84. The van der Waals surface area contributed by atoms with Crippen LogP contribution in [-0.2, 0) is 28.6 Å². The maximum absolute atomic E-state index is 11.9. The van der Waals surface area contributed by atoms with Crippen molar-refractivity contribution >= 4 is 18.4 Å². The summed E-state index contributed by atoms with van der Waals surface area (Å²) in [6, 6.07) is 0. The molecule has 0 aromatic rings. The van der Waals surface area contributed by atoms with Crippen LogP contribution in [0.25, 0.3) is 0 Å². The molecular formula is C40H56O8. The molecule has 5 fully saturated rings. The Morgan fingerprint density at radius 1 is 0.979 bits per heavy atom. The third kappa shape index (κ3) is 6.25. The topological polar surface area (TPSA) is 119 Å². The number of hydrogen-bond donors (Lipinski definition) is 2. The first-order valence-electron chi connectivity index (χ1n) is 18.3. The highest BCUT2D eigenvalue weighted by atomic mass is 16.6. The second-order valence-electron chi connectivity index (χ2n) is 16.8. The third-order valence-electron chi connectivity index (χ3n) is 13.8. The predicted molar refractivity (Wildman–Crippen MR) is 181 cm³/mol. The van der Waals surface area contributed by atoms with Crippen molar-refractivity contribution in [3.8, 4) is 0 Å². The molecule has 2 N–H and O–H groups in total. The number of aliphatic hydroxyl groups is 2. The molecule has 264 valence electrons. The van der Waals surface area contributed by atoms with Crippen LogP contribution in [0.15, 0.2) is 47.1 Å². The largest absolute Gasteiger partial charge is 0.461 e. The molecule has 2 heterocycles. The van der Waals surface area contributed by atoms with E-state index in [-0.39, 0.29) is 59.0 Å². The van der Waals surface area contributed by atoms with E-state index in [1.807, 2.05) is 19.1 Å². The van der Waals surface area contributed by atoms with Gasteiger partial charge < -0.3 is 24.4 Å². The molecule has 4 saturated carbocycles. The second-order valence-corrected chi connectivity index (χ2v) is 16.8. The van der Waals surface area contributed by atoms with Crippen molar-refractivity contribution in [3.63, 3.8) is 0 Å². The first-order valence-corrected chi connectivity index (χ1v) is 18.3. The summed E-state index contributed by atoms with van der Waals surface area (Å²) in [7, 11) is 0. The van der Waals surface area contributed by atoms with Crippen molar-refractivity contribution in [2.45, 2.75) is 141 Å². The fourth-order valence-corrected chi connectivity index (χ4v) is 11.6. The fraction of sp³-hybridized carbons (Fsp3) is 0.725. The smallest absolute Gasteiger partial charge is 0.334 e. The van der Waals surface area contributed by atoms with Crippen LogP contribution in [-0.4, -0.2) is 58.6 Å². The first-order chi connectivity index (χ1) is 22.8. The minimum atomic E-state index is -0.866. The molecule has 0 amide bonds. The summed E-state index contributed by atoms with van der Waals surface area (Å²) < 4.78 is 16.6. The van der Waals surface area contributed by atoms with Crippen molar-refractivity contribution in [1.29, 1.82) is 0 Å². The standard InChI is InChI=1S/C20H32O4.C20H24O4/c1-17-7-3-8-18(2,24-13-22)15(17)6-9-19-10-14(4-5-16(17)19)20(23,11-19)12-21;1-12-5-4-6-15-11-16(23-20(15)22)9-13(2)10-18-17(8-7-12)14(3)19(21)24-18/h13-16,21,23H,3-12H2,1-2H3;5,10-11,16-18H,3-4,6-9H2,1-2H3/b;12-5+,13-10+/t14-,15-,16-,17+,18+,19+,20+;16-,17-,18+/m11/s1. The van der Waals surface area contributed by atoms with Gasteiger partial charge >= 0.3 is 11.9 Å². The third-order valence-corrected chi connectivity index (χ3v) is 13.8. The molecule has 4 bridgehead atoms. The van der Waals surface area contributed by atoms with Gasteiger partial charge in [-0.3, -0.25) is 4.79 Å². The van der Waals surface area contributed by atoms with Gasteiger partial charge in [-0.25, -0.2) is 9.59 Å². The highest BCUT2D eigenvalue weighted by Gasteiger charge is 2.67. The SMILES string of the molecule is C=C1C(=O)O[C@H]2/C=C(\C)C[C@@H]3C=C(CC/C=C(\C)CC[C@H]12)C(=O)O3.C[C@]12CCC[C@](C)(OC=O)[C@@H]1CC[C@@]13C[C@@H](CC[C@@H]12)[C@@](O)(CO)C3. The van der Waals surface area contributed by atoms with Gasteiger partial charge in [0.2, 0.25) is 0 Å². The number of fused-ring (bicyclic) bond motifs is 5. The lowest BCUT2D eigenvalue weighted by Crippen LogP contribution is -2.59. The summed E-state index contributed by atoms with van der Waals surface area (Å²) in [4.78, 5) is 34.9. The van der Waals surface area contributed by atoms with Crippen LogP contribution in [0.2, 0.25) is 0 Å². The Morgan fingerprint density at radius 2 is 1.77 bits per heavy atom. The number of rotatable bonds is 3. The summed E-state index contributed by atoms with van der Waals surface area (Å²) >= 11 is 0. The highest BCUT2D eigenvalue weighted by Crippen LogP contribution is 2.72. The van der Waals surface area contributed by atoms with E-state index in [4.69, 9.17) is 14.2 Å². The van der Waals surface area contributed by atoms with Crippen molar-refractivity contribution in [3.05, 3.63) is 47.1 Å². The molecule has 2 aliphatic heterocycles. The lowest BCUT2D eigenvalue weighted by Gasteiger charge is -2.63. The van der Waals surface area contributed by atoms with Crippen LogP contribution in [0.5, 0.6) is 0 Å². The molecule has 0 aromatic heterocycles. The summed E-state index contributed by atoms with van der Waals surface area (Å²) in [5, 5.41) is 20.7. The molecule has 8 nitrogen and oxygen atoms in total. The molecule has 5 aliphatic carbocycles. The quantitative estimate of drug-likeness (QED) is 0.111. The zero-order valence-electron chi connectivity index (χ0n) is 29.4. The van der Waals surface area contributed by atoms with Gasteiger partial charge in [-0.1, -0.05) is 30.7 Å². The van der Waals surface area contributed by atoms with Crippen LogP contribution >= 0.6 is 0 Å². The average molecular weight is 665 g/mol. The van der Waals surface area contributed by atoms with E-state index >= 15 is 0 Å². The lowest BCUT2D eigenvalue weighted by molar-refractivity contribution is -0.197. The monoisotopic (exact) mass is 664 g/mol. The van der Waals surface area contributed by atoms with Gasteiger partial charge in [-0.05, 0) is 139 Å². The second kappa shape index (κ2) is 13.2. The average Bonchev–Trinajstić information content (AvgIpc) is 3.58. The van der Waals surface area contributed by atoms with E-state index in [9.17, 15) is 24.6 Å². The van der Waals surface area contributed by atoms with Gasteiger partial charge in [0.1, 0.15) is 17.8 Å². The van der Waals surface area contributed by atoms with Crippen LogP contribution < -0.4 is 0 Å². The van der Waals surface area contributed by atoms with Gasteiger partial charge in [0.15, 0.2) is 0 Å². The molecule has 1 spiro atoms. The van der Waals surface area contributed by atoms with Gasteiger partial charge in [0.25, 0.3) is 6.47 Å². The van der Waals surface area contributed by atoms with E-state index < -0.39 is 5.60 Å². The van der Waals surface area contributed by atoms with Crippen LogP contribution in [0, 0.1) is 34.5 Å². The number of esters is 2. The number of ether oxygens (including phenoxy) is 3. The zero-order valence-corrected chi connectivity index (χ0v) is 29.4. The normalized spacial score (nSPS) is 46.0. The molecule has 0 radical (unpaired) electrons. The van der Waals surface area contributed by atoms with Gasteiger partial charge in [0.05, 0.1) is 12.2 Å². The van der Waals surface area contributed by atoms with E-state index in [1.54, 1.807) is 0 Å². The van der Waals surface area contributed by atoms with Crippen molar-refractivity contribution < 1.29 is 38.8 Å². The van der Waals surface area contributed by atoms with Crippen LogP contribution in [0.4, 0.5) is 0 Å². The molecule has 7 rings (SSSR count). The van der Waals surface area contributed by atoms with Crippen molar-refractivity contribution in [2.24, 2.45) is 34.5 Å². The minimum Gasteiger partial charge on any atom is -0.461 e. The number of allylic oxidation sites excluding steroid dienone is 2. The molecule has 10 atom stereocenters. The molecule has 0 unspecified atom stereocenters. The first kappa shape index (κ1) is 35.1. The minimum absolute atomic E-state index is 0.0240. The maximum atomic E-state index is 11.9. The summed E-state index contributed by atoms with van der Waals surface area (Å²) in [6.07, 6.45) is 19.0. The van der Waals surface area contributed by atoms with E-state index in [0.717, 1.165) is 88.2 Å². The molecule has 7 aliphatic rings. The number of carbonyl (C=O) groups excluding carboxylic acids is 3. The van der Waals surface area contributed by atoms with Gasteiger partial charge in [-0.15, -0.1) is 0 Å².